The van der Waals surface area contributed by atoms with Crippen LogP contribution in [0.1, 0.15) is 48.5 Å². The number of carbonyl (C=O) groups excluding carboxylic acids is 2. The molecule has 0 atom stereocenters. The number of hydrogen-bond acceptors (Lipinski definition) is 2. The van der Waals surface area contributed by atoms with Gasteiger partial charge in [-0.1, -0.05) is 38.0 Å². The number of unbranched alkanes of at least 4 members (excludes halogenated alkanes) is 2. The molecule has 0 aromatic heterocycles. The number of amides is 2. The first-order valence-electron chi connectivity index (χ1n) is 8.37. The largest absolute Gasteiger partial charge is 0.326 e. The van der Waals surface area contributed by atoms with Crippen molar-refractivity contribution in [2.75, 3.05) is 10.6 Å². The van der Waals surface area contributed by atoms with Crippen molar-refractivity contribution in [2.24, 2.45) is 0 Å². The van der Waals surface area contributed by atoms with Crippen molar-refractivity contribution < 1.29 is 9.59 Å². The predicted molar refractivity (Wildman–Crippen MR) is 98.3 cm³/mol. The van der Waals surface area contributed by atoms with Crippen molar-refractivity contribution in [1.82, 2.24) is 0 Å². The second-order valence-corrected chi connectivity index (χ2v) is 5.85. The van der Waals surface area contributed by atoms with Crippen LogP contribution >= 0.6 is 0 Å². The summed E-state index contributed by atoms with van der Waals surface area (Å²) < 4.78 is 0. The van der Waals surface area contributed by atoms with Crippen LogP contribution in [0.5, 0.6) is 0 Å². The summed E-state index contributed by atoms with van der Waals surface area (Å²) in [6.07, 6.45) is 3.62. The lowest BCUT2D eigenvalue weighted by Gasteiger charge is -2.09. The molecule has 126 valence electrons. The van der Waals surface area contributed by atoms with Gasteiger partial charge in [0.1, 0.15) is 0 Å². The number of anilines is 2. The van der Waals surface area contributed by atoms with Crippen LogP contribution < -0.4 is 10.6 Å². The van der Waals surface area contributed by atoms with Crippen LogP contribution in [0.15, 0.2) is 48.5 Å². The summed E-state index contributed by atoms with van der Waals surface area (Å²) in [7, 11) is 0. The molecular formula is C20H24N2O2. The Morgan fingerprint density at radius 2 is 1.50 bits per heavy atom. The summed E-state index contributed by atoms with van der Waals surface area (Å²) in [4.78, 5) is 24.1. The standard InChI is InChI=1S/C20H24N2O2/c1-3-4-5-10-19(23)21-16-11-13-17(14-12-16)22-20(24)18-9-7-6-8-15(18)2/h6-9,11-14H,3-5,10H2,1-2H3,(H,21,23)(H,22,24). The van der Waals surface area contributed by atoms with Crippen LogP contribution in [0.3, 0.4) is 0 Å². The fourth-order valence-corrected chi connectivity index (χ4v) is 2.42. The van der Waals surface area contributed by atoms with E-state index in [4.69, 9.17) is 0 Å². The summed E-state index contributed by atoms with van der Waals surface area (Å²) in [6, 6.07) is 14.6. The fourth-order valence-electron chi connectivity index (χ4n) is 2.42. The Morgan fingerprint density at radius 1 is 0.875 bits per heavy atom. The zero-order valence-electron chi connectivity index (χ0n) is 14.3. The molecule has 0 saturated carbocycles. The average molecular weight is 324 g/mol. The van der Waals surface area contributed by atoms with Gasteiger partial charge in [-0.05, 0) is 49.2 Å². The zero-order chi connectivity index (χ0) is 17.4. The van der Waals surface area contributed by atoms with Gasteiger partial charge in [-0.3, -0.25) is 9.59 Å². The van der Waals surface area contributed by atoms with Gasteiger partial charge in [0.15, 0.2) is 0 Å². The lowest BCUT2D eigenvalue weighted by molar-refractivity contribution is -0.116. The maximum atomic E-state index is 12.3. The fraction of sp³-hybridized carbons (Fsp3) is 0.300. The molecule has 2 aromatic rings. The molecular weight excluding hydrogens is 300 g/mol. The molecule has 0 fully saturated rings. The number of benzene rings is 2. The van der Waals surface area contributed by atoms with Gasteiger partial charge in [0.25, 0.3) is 5.91 Å². The highest BCUT2D eigenvalue weighted by Crippen LogP contribution is 2.16. The van der Waals surface area contributed by atoms with E-state index in [2.05, 4.69) is 17.6 Å². The first-order chi connectivity index (χ1) is 11.6. The van der Waals surface area contributed by atoms with Crippen LogP contribution in [0, 0.1) is 6.92 Å². The summed E-state index contributed by atoms with van der Waals surface area (Å²) in [6.45, 7) is 4.02. The average Bonchev–Trinajstić information content (AvgIpc) is 2.57. The Hall–Kier alpha value is -2.62. The molecule has 0 heterocycles. The molecule has 0 spiro atoms. The SMILES string of the molecule is CCCCCC(=O)Nc1ccc(NC(=O)c2ccccc2C)cc1. The van der Waals surface area contributed by atoms with Crippen LogP contribution in [0.4, 0.5) is 11.4 Å². The van der Waals surface area contributed by atoms with E-state index in [-0.39, 0.29) is 11.8 Å². The van der Waals surface area contributed by atoms with Gasteiger partial charge in [0.05, 0.1) is 0 Å². The Kier molecular flexibility index (Phi) is 6.55. The molecule has 0 aliphatic heterocycles. The summed E-state index contributed by atoms with van der Waals surface area (Å²) in [5, 5.41) is 5.74. The molecule has 4 heteroatoms. The maximum Gasteiger partial charge on any atom is 0.255 e. The quantitative estimate of drug-likeness (QED) is 0.721. The molecule has 0 saturated heterocycles. The molecule has 2 amide bonds. The first-order valence-corrected chi connectivity index (χ1v) is 8.37. The highest BCUT2D eigenvalue weighted by molar-refractivity contribution is 6.05. The van der Waals surface area contributed by atoms with Crippen LogP contribution in [-0.2, 0) is 4.79 Å². The molecule has 2 N–H and O–H groups in total. The lowest BCUT2D eigenvalue weighted by Crippen LogP contribution is -2.13. The lowest BCUT2D eigenvalue weighted by atomic mass is 10.1. The van der Waals surface area contributed by atoms with Gasteiger partial charge < -0.3 is 10.6 Å². The third-order valence-corrected chi connectivity index (χ3v) is 3.82. The van der Waals surface area contributed by atoms with Gasteiger partial charge >= 0.3 is 0 Å². The second-order valence-electron chi connectivity index (χ2n) is 5.85. The highest BCUT2D eigenvalue weighted by atomic mass is 16.2. The topological polar surface area (TPSA) is 58.2 Å². The minimum atomic E-state index is -0.135. The highest BCUT2D eigenvalue weighted by Gasteiger charge is 2.08. The summed E-state index contributed by atoms with van der Waals surface area (Å²) >= 11 is 0. The van der Waals surface area contributed by atoms with E-state index in [1.807, 2.05) is 25.1 Å². The van der Waals surface area contributed by atoms with Gasteiger partial charge in [-0.2, -0.15) is 0 Å². The van der Waals surface area contributed by atoms with E-state index in [9.17, 15) is 9.59 Å². The molecule has 0 aliphatic carbocycles. The zero-order valence-corrected chi connectivity index (χ0v) is 14.3. The van der Waals surface area contributed by atoms with E-state index in [1.165, 1.54) is 0 Å². The molecule has 2 rings (SSSR count). The van der Waals surface area contributed by atoms with Crippen LogP contribution in [0.2, 0.25) is 0 Å². The minimum Gasteiger partial charge on any atom is -0.326 e. The van der Waals surface area contributed by atoms with Crippen molar-refractivity contribution in [2.45, 2.75) is 39.5 Å². The van der Waals surface area contributed by atoms with E-state index in [0.717, 1.165) is 30.5 Å². The Labute approximate surface area is 143 Å². The second kappa shape index (κ2) is 8.87. The number of rotatable bonds is 7. The third kappa shape index (κ3) is 5.23. The van der Waals surface area contributed by atoms with Crippen molar-refractivity contribution in [3.8, 4) is 0 Å². The normalized spacial score (nSPS) is 10.2. The molecule has 4 nitrogen and oxygen atoms in total. The summed E-state index contributed by atoms with van der Waals surface area (Å²) in [5.74, 6) is -0.107. The van der Waals surface area contributed by atoms with Gasteiger partial charge in [-0.15, -0.1) is 0 Å². The van der Waals surface area contributed by atoms with Crippen molar-refractivity contribution in [3.05, 3.63) is 59.7 Å². The third-order valence-electron chi connectivity index (χ3n) is 3.82. The maximum absolute atomic E-state index is 12.3. The molecule has 0 radical (unpaired) electrons. The van der Waals surface area contributed by atoms with Crippen LogP contribution in [-0.4, -0.2) is 11.8 Å². The molecule has 0 unspecified atom stereocenters. The van der Waals surface area contributed by atoms with E-state index >= 15 is 0 Å². The van der Waals surface area contributed by atoms with E-state index in [0.29, 0.717) is 17.7 Å². The van der Waals surface area contributed by atoms with Crippen molar-refractivity contribution in [1.29, 1.82) is 0 Å². The van der Waals surface area contributed by atoms with E-state index < -0.39 is 0 Å². The first kappa shape index (κ1) is 17.7. The smallest absolute Gasteiger partial charge is 0.255 e. The Bertz CT molecular complexity index is 693. The minimum absolute atomic E-state index is 0.0279. The number of nitrogens with one attached hydrogen (secondary N) is 2. The predicted octanol–water partition coefficient (Wildman–Crippen LogP) is 4.77. The molecule has 24 heavy (non-hydrogen) atoms. The van der Waals surface area contributed by atoms with E-state index in [1.54, 1.807) is 30.3 Å². The monoisotopic (exact) mass is 324 g/mol. The van der Waals surface area contributed by atoms with Crippen LogP contribution in [0.25, 0.3) is 0 Å². The number of aryl methyl sites for hydroxylation is 1. The Balaban J connectivity index is 1.91. The van der Waals surface area contributed by atoms with Gasteiger partial charge in [0, 0.05) is 23.4 Å². The number of hydrogen-bond donors (Lipinski definition) is 2. The van der Waals surface area contributed by atoms with Gasteiger partial charge in [-0.25, -0.2) is 0 Å². The molecule has 0 aliphatic rings. The summed E-state index contributed by atoms with van der Waals surface area (Å²) in [5.41, 5.74) is 3.04. The van der Waals surface area contributed by atoms with Gasteiger partial charge in [0.2, 0.25) is 5.91 Å². The molecule has 2 aromatic carbocycles. The van der Waals surface area contributed by atoms with Crippen molar-refractivity contribution >= 4 is 23.2 Å². The van der Waals surface area contributed by atoms with Crippen molar-refractivity contribution in [3.63, 3.8) is 0 Å². The Morgan fingerprint density at radius 3 is 2.12 bits per heavy atom. The molecule has 0 bridgehead atoms. The number of carbonyl (C=O) groups is 2.